The Balaban J connectivity index is 1.74. The summed E-state index contributed by atoms with van der Waals surface area (Å²) in [5.74, 6) is 0. The van der Waals surface area contributed by atoms with E-state index >= 15 is 0 Å². The number of benzene rings is 2. The average molecular weight is 284 g/mol. The maximum atomic E-state index is 6.09. The van der Waals surface area contributed by atoms with Gasteiger partial charge >= 0.3 is 0 Å². The lowest BCUT2D eigenvalue weighted by atomic mass is 9.87. The van der Waals surface area contributed by atoms with Gasteiger partial charge in [-0.25, -0.2) is 0 Å². The van der Waals surface area contributed by atoms with Crippen molar-refractivity contribution < 1.29 is 9.05 Å². The van der Waals surface area contributed by atoms with Crippen molar-refractivity contribution in [3.8, 4) is 0 Å². The molecule has 1 saturated carbocycles. The summed E-state index contributed by atoms with van der Waals surface area (Å²) < 4.78 is 12.2. The highest BCUT2D eigenvalue weighted by Crippen LogP contribution is 2.61. The van der Waals surface area contributed by atoms with Crippen LogP contribution >= 0.6 is 9.03 Å². The maximum Gasteiger partial charge on any atom is 0.156 e. The Morgan fingerprint density at radius 3 is 1.60 bits per heavy atom. The van der Waals surface area contributed by atoms with E-state index < -0.39 is 0 Å². The standard InChI is InChI=1S/C17H17O2P/c1-3-7-14(8-4-1)16-11-12-17(13-16,19-20-18-16)15-9-5-2-6-10-15/h1-10,20H,11-13H2/t16-,17+. The lowest BCUT2D eigenvalue weighted by Crippen LogP contribution is -2.34. The van der Waals surface area contributed by atoms with E-state index in [9.17, 15) is 0 Å². The Bertz CT molecular complexity index is 547. The molecule has 1 aliphatic carbocycles. The zero-order valence-electron chi connectivity index (χ0n) is 11.2. The quantitative estimate of drug-likeness (QED) is 0.755. The molecule has 4 rings (SSSR count). The topological polar surface area (TPSA) is 18.5 Å². The smallest absolute Gasteiger partial charge is 0.156 e. The van der Waals surface area contributed by atoms with E-state index in [-0.39, 0.29) is 20.2 Å². The second kappa shape index (κ2) is 4.66. The van der Waals surface area contributed by atoms with Crippen LogP contribution in [0.3, 0.4) is 0 Å². The number of fused-ring (bicyclic) bond motifs is 2. The summed E-state index contributed by atoms with van der Waals surface area (Å²) in [6.07, 6.45) is 2.97. The summed E-state index contributed by atoms with van der Waals surface area (Å²) in [6, 6.07) is 21.2. The van der Waals surface area contributed by atoms with Gasteiger partial charge in [0.1, 0.15) is 11.2 Å². The summed E-state index contributed by atoms with van der Waals surface area (Å²) in [5.41, 5.74) is 2.25. The van der Waals surface area contributed by atoms with Crippen LogP contribution in [0.2, 0.25) is 0 Å². The van der Waals surface area contributed by atoms with E-state index in [0.717, 1.165) is 19.3 Å². The van der Waals surface area contributed by atoms with Gasteiger partial charge in [-0.15, -0.1) is 0 Å². The molecule has 3 atom stereocenters. The predicted molar refractivity (Wildman–Crippen MR) is 80.6 cm³/mol. The lowest BCUT2D eigenvalue weighted by molar-refractivity contribution is -0.0273. The molecule has 2 aromatic rings. The van der Waals surface area contributed by atoms with Crippen LogP contribution in [0.25, 0.3) is 0 Å². The molecule has 1 unspecified atom stereocenters. The number of rotatable bonds is 2. The minimum absolute atomic E-state index is 0.118. The normalized spacial score (nSPS) is 33.4. The van der Waals surface area contributed by atoms with Gasteiger partial charge in [-0.1, -0.05) is 60.7 Å². The van der Waals surface area contributed by atoms with E-state index in [1.165, 1.54) is 11.1 Å². The van der Waals surface area contributed by atoms with Gasteiger partial charge in [-0.3, -0.25) is 0 Å². The van der Waals surface area contributed by atoms with Crippen molar-refractivity contribution in [3.05, 3.63) is 71.8 Å². The minimum atomic E-state index is -0.159. The van der Waals surface area contributed by atoms with Crippen LogP contribution in [0.4, 0.5) is 0 Å². The molecule has 2 bridgehead atoms. The highest BCUT2D eigenvalue weighted by Gasteiger charge is 2.55. The molecule has 2 aliphatic rings. The first-order valence-electron chi connectivity index (χ1n) is 7.05. The van der Waals surface area contributed by atoms with Crippen LogP contribution in [0.5, 0.6) is 0 Å². The third kappa shape index (κ3) is 1.83. The molecule has 2 aromatic carbocycles. The van der Waals surface area contributed by atoms with Crippen molar-refractivity contribution in [2.24, 2.45) is 0 Å². The second-order valence-electron chi connectivity index (χ2n) is 5.68. The van der Waals surface area contributed by atoms with Gasteiger partial charge in [0.25, 0.3) is 0 Å². The Kier molecular flexibility index (Phi) is 2.92. The highest BCUT2D eigenvalue weighted by molar-refractivity contribution is 7.26. The molecule has 3 heteroatoms. The average Bonchev–Trinajstić information content (AvgIpc) is 2.82. The molecule has 0 N–H and O–H groups in total. The maximum absolute atomic E-state index is 6.09. The zero-order valence-corrected chi connectivity index (χ0v) is 12.2. The molecule has 20 heavy (non-hydrogen) atoms. The highest BCUT2D eigenvalue weighted by atomic mass is 31.1. The fourth-order valence-corrected chi connectivity index (χ4v) is 4.44. The fourth-order valence-electron chi connectivity index (χ4n) is 3.49. The van der Waals surface area contributed by atoms with Crippen molar-refractivity contribution in [1.29, 1.82) is 0 Å². The van der Waals surface area contributed by atoms with Crippen molar-refractivity contribution in [2.75, 3.05) is 0 Å². The summed E-state index contributed by atoms with van der Waals surface area (Å²) in [7, 11) is 0.118. The molecule has 0 aromatic heterocycles. The third-order valence-corrected chi connectivity index (χ3v) is 5.53. The van der Waals surface area contributed by atoms with E-state index in [4.69, 9.17) is 9.05 Å². The zero-order chi connectivity index (χ0) is 13.5. The Morgan fingerprint density at radius 2 is 1.15 bits per heavy atom. The number of hydrogen-bond acceptors (Lipinski definition) is 2. The summed E-state index contributed by atoms with van der Waals surface area (Å²) >= 11 is 0. The van der Waals surface area contributed by atoms with Crippen LogP contribution < -0.4 is 0 Å². The van der Waals surface area contributed by atoms with Crippen LogP contribution in [0.1, 0.15) is 30.4 Å². The summed E-state index contributed by atoms with van der Waals surface area (Å²) in [5, 5.41) is 0. The first-order chi connectivity index (χ1) is 9.83. The van der Waals surface area contributed by atoms with Crippen LogP contribution in [-0.4, -0.2) is 0 Å². The van der Waals surface area contributed by atoms with Crippen LogP contribution in [-0.2, 0) is 20.2 Å². The van der Waals surface area contributed by atoms with E-state index in [1.807, 2.05) is 0 Å². The molecule has 1 heterocycles. The summed E-state index contributed by atoms with van der Waals surface area (Å²) in [4.78, 5) is 0. The van der Waals surface area contributed by atoms with Gasteiger partial charge in [0, 0.05) is 6.42 Å². The first kappa shape index (κ1) is 12.5. The van der Waals surface area contributed by atoms with Gasteiger partial charge < -0.3 is 9.05 Å². The Morgan fingerprint density at radius 1 is 0.700 bits per heavy atom. The second-order valence-corrected chi connectivity index (χ2v) is 6.26. The van der Waals surface area contributed by atoms with Gasteiger partial charge in [0.05, 0.1) is 0 Å². The third-order valence-electron chi connectivity index (χ3n) is 4.58. The molecule has 1 saturated heterocycles. The molecule has 102 valence electrons. The first-order valence-corrected chi connectivity index (χ1v) is 7.87. The Hall–Kier alpha value is -1.21. The molecule has 0 spiro atoms. The molecule has 2 fully saturated rings. The predicted octanol–water partition coefficient (Wildman–Crippen LogP) is 4.52. The van der Waals surface area contributed by atoms with Crippen molar-refractivity contribution in [2.45, 2.75) is 30.5 Å². The SMILES string of the molecule is c1ccc([C@@]23CC[C@@](c4ccccc4)(C2)OPO3)cc1. The van der Waals surface area contributed by atoms with Gasteiger partial charge in [0.15, 0.2) is 9.03 Å². The van der Waals surface area contributed by atoms with Crippen LogP contribution in [0.15, 0.2) is 60.7 Å². The molecule has 0 amide bonds. The van der Waals surface area contributed by atoms with E-state index in [1.54, 1.807) is 0 Å². The Labute approximate surface area is 121 Å². The van der Waals surface area contributed by atoms with Gasteiger partial charge in [-0.05, 0) is 24.0 Å². The van der Waals surface area contributed by atoms with Gasteiger partial charge in [0.2, 0.25) is 0 Å². The molecular formula is C17H17O2P. The van der Waals surface area contributed by atoms with Gasteiger partial charge in [-0.2, -0.15) is 0 Å². The van der Waals surface area contributed by atoms with Crippen molar-refractivity contribution in [1.82, 2.24) is 0 Å². The fraction of sp³-hybridized carbons (Fsp3) is 0.294. The number of hydrogen-bond donors (Lipinski definition) is 0. The van der Waals surface area contributed by atoms with E-state index in [0.29, 0.717) is 0 Å². The largest absolute Gasteiger partial charge is 0.325 e. The van der Waals surface area contributed by atoms with Crippen molar-refractivity contribution in [3.63, 3.8) is 0 Å². The van der Waals surface area contributed by atoms with Crippen LogP contribution in [0, 0.1) is 0 Å². The monoisotopic (exact) mass is 284 g/mol. The van der Waals surface area contributed by atoms with Crippen molar-refractivity contribution >= 4 is 9.03 Å². The molecule has 2 nitrogen and oxygen atoms in total. The van der Waals surface area contributed by atoms with E-state index in [2.05, 4.69) is 60.7 Å². The summed E-state index contributed by atoms with van der Waals surface area (Å²) in [6.45, 7) is 0. The minimum Gasteiger partial charge on any atom is -0.325 e. The molecular weight excluding hydrogens is 267 g/mol. The molecule has 1 aliphatic heterocycles. The molecule has 0 radical (unpaired) electrons. The lowest BCUT2D eigenvalue weighted by Gasteiger charge is -2.39.